The van der Waals surface area contributed by atoms with Crippen molar-refractivity contribution in [2.45, 2.75) is 30.7 Å². The molecule has 2 rings (SSSR count). The number of nitrogens with zero attached hydrogens (tertiary/aromatic N) is 1. The number of sulfonamides is 1. The van der Waals surface area contributed by atoms with Crippen LogP contribution in [-0.2, 0) is 14.8 Å². The lowest BCUT2D eigenvalue weighted by atomic mass is 9.94. The Bertz CT molecular complexity index is 493. The van der Waals surface area contributed by atoms with Crippen LogP contribution in [0.5, 0.6) is 0 Å². The number of nitrogens with one attached hydrogen (secondary N) is 2. The van der Waals surface area contributed by atoms with Gasteiger partial charge in [-0.3, -0.25) is 5.10 Å². The Morgan fingerprint density at radius 1 is 1.56 bits per heavy atom. The second-order valence-electron chi connectivity index (χ2n) is 4.51. The molecule has 0 radical (unpaired) electrons. The lowest BCUT2D eigenvalue weighted by Crippen LogP contribution is -2.40. The van der Waals surface area contributed by atoms with Crippen molar-refractivity contribution >= 4 is 15.8 Å². The van der Waals surface area contributed by atoms with Crippen LogP contribution in [-0.4, -0.2) is 37.9 Å². The van der Waals surface area contributed by atoms with Crippen LogP contribution in [0.25, 0.3) is 0 Å². The minimum atomic E-state index is -3.61. The number of hydrogen-bond donors (Lipinski definition) is 3. The van der Waals surface area contributed by atoms with E-state index in [1.165, 1.54) is 6.20 Å². The first kappa shape index (κ1) is 13.3. The van der Waals surface area contributed by atoms with E-state index in [1.54, 1.807) is 0 Å². The maximum atomic E-state index is 12.1. The van der Waals surface area contributed by atoms with E-state index in [9.17, 15) is 8.42 Å². The van der Waals surface area contributed by atoms with Crippen LogP contribution in [0.1, 0.15) is 19.8 Å². The van der Waals surface area contributed by atoms with Crippen molar-refractivity contribution in [1.29, 1.82) is 0 Å². The minimum Gasteiger partial charge on any atom is -0.383 e. The van der Waals surface area contributed by atoms with Crippen LogP contribution < -0.4 is 10.5 Å². The largest absolute Gasteiger partial charge is 0.383 e. The normalized spacial score (nSPS) is 19.8. The second-order valence-corrected chi connectivity index (χ2v) is 6.19. The first-order chi connectivity index (χ1) is 8.50. The number of aromatic nitrogens is 2. The molecule has 0 bridgehead atoms. The number of nitrogen functional groups attached to an aromatic ring is 1. The number of nitrogens with two attached hydrogens (primary N) is 1. The van der Waals surface area contributed by atoms with Crippen LogP contribution in [0, 0.1) is 5.92 Å². The fourth-order valence-corrected chi connectivity index (χ4v) is 3.45. The summed E-state index contributed by atoms with van der Waals surface area (Å²) in [5, 5.41) is 6.03. The summed E-state index contributed by atoms with van der Waals surface area (Å²) in [6.45, 7) is 3.24. The fourth-order valence-electron chi connectivity index (χ4n) is 2.12. The van der Waals surface area contributed by atoms with Gasteiger partial charge in [0.25, 0.3) is 0 Å². The third-order valence-electron chi connectivity index (χ3n) is 3.24. The van der Waals surface area contributed by atoms with E-state index in [-0.39, 0.29) is 16.8 Å². The monoisotopic (exact) mass is 274 g/mol. The smallest absolute Gasteiger partial charge is 0.246 e. The van der Waals surface area contributed by atoms with Gasteiger partial charge in [-0.2, -0.15) is 5.10 Å². The van der Waals surface area contributed by atoms with E-state index in [1.807, 2.05) is 6.92 Å². The summed E-state index contributed by atoms with van der Waals surface area (Å²) in [7, 11) is -3.61. The van der Waals surface area contributed by atoms with Crippen LogP contribution in [0.2, 0.25) is 0 Å². The molecule has 0 aromatic carbocycles. The van der Waals surface area contributed by atoms with Gasteiger partial charge in [0, 0.05) is 19.3 Å². The summed E-state index contributed by atoms with van der Waals surface area (Å²) >= 11 is 0. The Balaban J connectivity index is 2.06. The van der Waals surface area contributed by atoms with E-state index in [0.29, 0.717) is 19.1 Å². The van der Waals surface area contributed by atoms with Gasteiger partial charge in [-0.05, 0) is 25.7 Å². The van der Waals surface area contributed by atoms with Crippen LogP contribution >= 0.6 is 0 Å². The summed E-state index contributed by atoms with van der Waals surface area (Å²) in [5.74, 6) is 0.350. The van der Waals surface area contributed by atoms with Gasteiger partial charge in [-0.1, -0.05) is 0 Å². The minimum absolute atomic E-state index is 0.00131. The molecule has 18 heavy (non-hydrogen) atoms. The zero-order chi connectivity index (χ0) is 13.2. The van der Waals surface area contributed by atoms with Crippen molar-refractivity contribution < 1.29 is 13.2 Å². The van der Waals surface area contributed by atoms with Crippen molar-refractivity contribution in [3.63, 3.8) is 0 Å². The summed E-state index contributed by atoms with van der Waals surface area (Å²) in [4.78, 5) is 0.00131. The Labute approximate surface area is 106 Å². The molecule has 4 N–H and O–H groups in total. The van der Waals surface area contributed by atoms with E-state index in [4.69, 9.17) is 10.5 Å². The molecule has 1 saturated heterocycles. The van der Waals surface area contributed by atoms with Gasteiger partial charge in [0.1, 0.15) is 10.7 Å². The highest BCUT2D eigenvalue weighted by Crippen LogP contribution is 2.21. The van der Waals surface area contributed by atoms with E-state index >= 15 is 0 Å². The molecule has 0 saturated carbocycles. The quantitative estimate of drug-likeness (QED) is 0.720. The van der Waals surface area contributed by atoms with Crippen LogP contribution in [0.3, 0.4) is 0 Å². The Kier molecular flexibility index (Phi) is 3.88. The van der Waals surface area contributed by atoms with Crippen molar-refractivity contribution in [3.8, 4) is 0 Å². The van der Waals surface area contributed by atoms with Crippen molar-refractivity contribution in [3.05, 3.63) is 6.20 Å². The number of aromatic amines is 1. The van der Waals surface area contributed by atoms with Crippen molar-refractivity contribution in [1.82, 2.24) is 14.9 Å². The molecule has 1 aromatic heterocycles. The van der Waals surface area contributed by atoms with Gasteiger partial charge < -0.3 is 10.5 Å². The zero-order valence-electron chi connectivity index (χ0n) is 10.2. The Morgan fingerprint density at radius 2 is 2.22 bits per heavy atom. The van der Waals surface area contributed by atoms with E-state index in [0.717, 1.165) is 12.8 Å². The number of rotatable bonds is 4. The Morgan fingerprint density at radius 3 is 2.78 bits per heavy atom. The third-order valence-corrected chi connectivity index (χ3v) is 4.82. The highest BCUT2D eigenvalue weighted by atomic mass is 32.2. The molecule has 1 aliphatic heterocycles. The molecule has 1 unspecified atom stereocenters. The molecule has 7 nitrogen and oxygen atoms in total. The van der Waals surface area contributed by atoms with Gasteiger partial charge in [0.15, 0.2) is 0 Å². The van der Waals surface area contributed by atoms with Crippen LogP contribution in [0.15, 0.2) is 11.1 Å². The second kappa shape index (κ2) is 5.25. The molecule has 102 valence electrons. The van der Waals surface area contributed by atoms with E-state index in [2.05, 4.69) is 14.9 Å². The highest BCUT2D eigenvalue weighted by Gasteiger charge is 2.27. The molecule has 8 heteroatoms. The van der Waals surface area contributed by atoms with Gasteiger partial charge in [-0.15, -0.1) is 0 Å². The van der Waals surface area contributed by atoms with E-state index < -0.39 is 10.0 Å². The molecular formula is C10H18N4O3S. The molecule has 0 aliphatic carbocycles. The Hall–Kier alpha value is -1.12. The van der Waals surface area contributed by atoms with Gasteiger partial charge in [-0.25, -0.2) is 13.1 Å². The highest BCUT2D eigenvalue weighted by molar-refractivity contribution is 7.89. The molecular weight excluding hydrogens is 256 g/mol. The molecule has 1 atom stereocenters. The predicted octanol–water partition coefficient (Wildman–Crippen LogP) is 0.0853. The number of ether oxygens (including phenoxy) is 1. The maximum Gasteiger partial charge on any atom is 0.246 e. The van der Waals surface area contributed by atoms with Crippen molar-refractivity contribution in [2.75, 3.05) is 18.9 Å². The molecule has 2 heterocycles. The molecule has 0 spiro atoms. The molecule has 1 aromatic rings. The first-order valence-corrected chi connectivity index (χ1v) is 7.38. The summed E-state index contributed by atoms with van der Waals surface area (Å²) in [5.41, 5.74) is 5.52. The average molecular weight is 274 g/mol. The van der Waals surface area contributed by atoms with Crippen LogP contribution in [0.4, 0.5) is 5.82 Å². The molecule has 1 aliphatic rings. The fraction of sp³-hybridized carbons (Fsp3) is 0.700. The number of H-pyrrole nitrogens is 1. The predicted molar refractivity (Wildman–Crippen MR) is 66.3 cm³/mol. The lowest BCUT2D eigenvalue weighted by Gasteiger charge is -2.28. The maximum absolute atomic E-state index is 12.1. The summed E-state index contributed by atoms with van der Waals surface area (Å²) < 4.78 is 32.1. The number of hydrogen-bond acceptors (Lipinski definition) is 5. The first-order valence-electron chi connectivity index (χ1n) is 5.89. The third kappa shape index (κ3) is 2.82. The lowest BCUT2D eigenvalue weighted by molar-refractivity contribution is 0.0585. The molecule has 0 amide bonds. The average Bonchev–Trinajstić information content (AvgIpc) is 2.77. The standard InChI is InChI=1S/C10H18N4O3S/c1-7(8-2-4-17-5-3-8)14-18(15,16)9-6-12-13-10(9)11/h6-8,14H,2-5H2,1H3,(H3,11,12,13). The summed E-state index contributed by atoms with van der Waals surface area (Å²) in [6, 6.07) is -0.145. The number of anilines is 1. The zero-order valence-corrected chi connectivity index (χ0v) is 11.0. The molecule has 1 fully saturated rings. The topological polar surface area (TPSA) is 110 Å². The van der Waals surface area contributed by atoms with Gasteiger partial charge >= 0.3 is 0 Å². The van der Waals surface area contributed by atoms with Gasteiger partial charge in [0.05, 0.1) is 6.20 Å². The SMILES string of the molecule is CC(NS(=O)(=O)c1cn[nH]c1N)C1CCOCC1. The van der Waals surface area contributed by atoms with Crippen molar-refractivity contribution in [2.24, 2.45) is 5.92 Å². The summed E-state index contributed by atoms with van der Waals surface area (Å²) in [6.07, 6.45) is 2.95. The van der Waals surface area contributed by atoms with Gasteiger partial charge in [0.2, 0.25) is 10.0 Å².